The van der Waals surface area contributed by atoms with Gasteiger partial charge in [0, 0.05) is 121 Å². The van der Waals surface area contributed by atoms with Gasteiger partial charge in [0.2, 0.25) is 0 Å². The summed E-state index contributed by atoms with van der Waals surface area (Å²) >= 11 is 0. The van der Waals surface area contributed by atoms with Crippen molar-refractivity contribution < 1.29 is 0 Å². The molecule has 111 heavy (non-hydrogen) atoms. The summed E-state index contributed by atoms with van der Waals surface area (Å²) in [5.41, 5.74) is 17.0. The van der Waals surface area contributed by atoms with Crippen molar-refractivity contribution in [2.24, 2.45) is 0 Å². The van der Waals surface area contributed by atoms with E-state index in [9.17, 15) is 0 Å². The number of pyridine rings is 5. The van der Waals surface area contributed by atoms with Gasteiger partial charge in [-0.1, -0.05) is 291 Å². The zero-order valence-corrected chi connectivity index (χ0v) is 70.3. The second-order valence-corrected chi connectivity index (χ2v) is 36.0. The fraction of sp³-hybridized carbons (Fsp3) is 0.343. The average molecular weight is 1480 g/mol. The highest BCUT2D eigenvalue weighted by molar-refractivity contribution is 5.86. The van der Waals surface area contributed by atoms with Gasteiger partial charge >= 0.3 is 0 Å². The van der Waals surface area contributed by atoms with Crippen LogP contribution in [0.3, 0.4) is 0 Å². The molecule has 12 heteroatoms. The van der Waals surface area contributed by atoms with Crippen LogP contribution in [0.2, 0.25) is 0 Å². The maximum absolute atomic E-state index is 4.65. The number of benzene rings is 7. The summed E-state index contributed by atoms with van der Waals surface area (Å²) in [7, 11) is 0. The van der Waals surface area contributed by atoms with Gasteiger partial charge in [-0.2, -0.15) is 0 Å². The molecule has 0 atom stereocenters. The van der Waals surface area contributed by atoms with Crippen molar-refractivity contribution in [3.8, 4) is 0 Å². The van der Waals surface area contributed by atoms with E-state index in [1.807, 2.05) is 110 Å². The lowest BCUT2D eigenvalue weighted by atomic mass is 9.85. The molecule has 0 aliphatic carbocycles. The number of para-hydroxylation sites is 5. The molecule has 12 nitrogen and oxygen atoms in total. The number of hydrogen-bond acceptors (Lipinski definition) is 12. The van der Waals surface area contributed by atoms with Crippen LogP contribution >= 0.6 is 0 Å². The van der Waals surface area contributed by atoms with Crippen molar-refractivity contribution in [2.45, 2.75) is 216 Å². The topological polar surface area (TPSA) is 145 Å². The fourth-order valence-corrected chi connectivity index (χ4v) is 12.8. The second-order valence-electron chi connectivity index (χ2n) is 36.0. The molecular formula is C99H118N12. The predicted molar refractivity (Wildman–Crippen MR) is 470 cm³/mol. The van der Waals surface area contributed by atoms with Crippen LogP contribution in [0.25, 0.3) is 76.3 Å². The summed E-state index contributed by atoms with van der Waals surface area (Å²) in [5, 5.41) is 9.53. The third-order valence-corrected chi connectivity index (χ3v) is 19.1. The second kappa shape index (κ2) is 36.4. The zero-order valence-electron chi connectivity index (χ0n) is 70.3. The lowest BCUT2D eigenvalue weighted by Gasteiger charge is -2.31. The first-order valence-electron chi connectivity index (χ1n) is 39.0. The highest BCUT2D eigenvalue weighted by Crippen LogP contribution is 2.33. The minimum Gasteiger partial charge on any atom is -0.296 e. The fourth-order valence-electron chi connectivity index (χ4n) is 12.8. The van der Waals surface area contributed by atoms with Crippen molar-refractivity contribution in [1.82, 2.24) is 59.7 Å². The Bertz CT molecular complexity index is 4910. The van der Waals surface area contributed by atoms with E-state index in [4.69, 9.17) is 0 Å². The molecule has 0 saturated heterocycles. The van der Waals surface area contributed by atoms with Crippen LogP contribution in [-0.4, -0.2) is 72.3 Å². The monoisotopic (exact) mass is 1470 g/mol. The molecule has 0 fully saturated rings. The Balaban J connectivity index is 0.000000146. The van der Waals surface area contributed by atoms with Crippen LogP contribution in [0.4, 0.5) is 0 Å². The Hall–Kier alpha value is -10.7. The van der Waals surface area contributed by atoms with Crippen LogP contribution in [0.15, 0.2) is 256 Å². The van der Waals surface area contributed by atoms with Crippen molar-refractivity contribution in [1.29, 1.82) is 0 Å². The quantitative estimate of drug-likeness (QED) is 0.154. The van der Waals surface area contributed by atoms with Gasteiger partial charge in [-0.05, 0) is 125 Å². The number of rotatable bonds is 1. The summed E-state index contributed by atoms with van der Waals surface area (Å²) in [6.45, 7) is 52.6. The molecule has 574 valence electrons. The molecule has 16 rings (SSSR count). The molecule has 0 saturated carbocycles. The molecule has 0 spiro atoms. The molecule has 0 bridgehead atoms. The third kappa shape index (κ3) is 23.7. The van der Waals surface area contributed by atoms with Gasteiger partial charge in [-0.3, -0.25) is 24.8 Å². The van der Waals surface area contributed by atoms with Gasteiger partial charge in [0.15, 0.2) is 5.65 Å². The number of fused-ring (bicyclic) bond motifs is 8. The summed E-state index contributed by atoms with van der Waals surface area (Å²) in [6, 6.07) is 73.4. The first kappa shape index (κ1) is 84.3. The van der Waals surface area contributed by atoms with E-state index in [1.54, 1.807) is 24.4 Å². The summed E-state index contributed by atoms with van der Waals surface area (Å²) in [4.78, 5) is 50.6. The maximum atomic E-state index is 4.65. The summed E-state index contributed by atoms with van der Waals surface area (Å²) in [6.07, 6.45) is 13.8. The van der Waals surface area contributed by atoms with E-state index in [2.05, 4.69) is 346 Å². The third-order valence-electron chi connectivity index (χ3n) is 19.1. The first-order chi connectivity index (χ1) is 52.3. The van der Waals surface area contributed by atoms with E-state index < -0.39 is 0 Å². The molecule has 0 N–H and O–H groups in total. The van der Waals surface area contributed by atoms with Crippen molar-refractivity contribution in [3.63, 3.8) is 0 Å². The van der Waals surface area contributed by atoms with Crippen molar-refractivity contribution >= 4 is 76.3 Å². The minimum absolute atomic E-state index is 0.0179. The zero-order chi connectivity index (χ0) is 80.5. The average Bonchev–Trinajstić information content (AvgIpc) is 0.738. The lowest BCUT2D eigenvalue weighted by molar-refractivity contribution is 0.203. The number of hydrogen-bond donors (Lipinski definition) is 0. The Labute approximate surface area is 661 Å². The van der Waals surface area contributed by atoms with Gasteiger partial charge < -0.3 is 0 Å². The number of aromatic nitrogens is 11. The van der Waals surface area contributed by atoms with Crippen LogP contribution in [0, 0.1) is 0 Å². The van der Waals surface area contributed by atoms with Gasteiger partial charge in [-0.25, -0.2) is 34.9 Å². The molecule has 1 aliphatic rings. The van der Waals surface area contributed by atoms with E-state index in [0.717, 1.165) is 78.8 Å². The van der Waals surface area contributed by atoms with Crippen LogP contribution in [0.1, 0.15) is 210 Å². The normalized spacial score (nSPS) is 12.6. The largest absolute Gasteiger partial charge is 0.296 e. The molecular weight excluding hydrogens is 1360 g/mol. The minimum atomic E-state index is 0.0179. The van der Waals surface area contributed by atoms with E-state index in [1.165, 1.54) is 62.3 Å². The van der Waals surface area contributed by atoms with Crippen LogP contribution in [-0.2, 0) is 50.9 Å². The van der Waals surface area contributed by atoms with Crippen LogP contribution < -0.4 is 0 Å². The van der Waals surface area contributed by atoms with E-state index in [-0.39, 0.29) is 37.9 Å². The Kier molecular flexibility index (Phi) is 27.7. The summed E-state index contributed by atoms with van der Waals surface area (Å²) < 4.78 is 0. The van der Waals surface area contributed by atoms with E-state index >= 15 is 0 Å². The van der Waals surface area contributed by atoms with E-state index in [0.29, 0.717) is 6.04 Å². The van der Waals surface area contributed by atoms with Crippen molar-refractivity contribution in [2.75, 3.05) is 6.54 Å². The molecule has 9 heterocycles. The smallest absolute Gasteiger partial charge is 0.162 e. The maximum Gasteiger partial charge on any atom is 0.162 e. The molecule has 0 radical (unpaired) electrons. The summed E-state index contributed by atoms with van der Waals surface area (Å²) in [5.74, 6) is 0.899. The van der Waals surface area contributed by atoms with Gasteiger partial charge in [0.1, 0.15) is 18.5 Å². The molecule has 8 aromatic heterocycles. The van der Waals surface area contributed by atoms with Crippen molar-refractivity contribution in [3.05, 3.63) is 307 Å². The van der Waals surface area contributed by atoms with Gasteiger partial charge in [0.05, 0.1) is 44.7 Å². The molecule has 7 aromatic carbocycles. The molecule has 0 amide bonds. The molecule has 0 unspecified atom stereocenters. The highest BCUT2D eigenvalue weighted by Gasteiger charge is 2.24. The van der Waals surface area contributed by atoms with Crippen LogP contribution in [0.5, 0.6) is 0 Å². The Morgan fingerprint density at radius 2 is 0.802 bits per heavy atom. The Morgan fingerprint density at radius 1 is 0.306 bits per heavy atom. The highest BCUT2D eigenvalue weighted by atomic mass is 15.1. The predicted octanol–water partition coefficient (Wildman–Crippen LogP) is 24.8. The molecule has 1 aliphatic heterocycles. The number of nitrogens with zero attached hydrogens (tertiary/aromatic N) is 12. The SMILES string of the molecule is CC(C)(C)c1ccc2ccccc2n1.CC(C)(C)c1ccnc2ccccc12.CC(C)(C)c1cnc2ccccc2c1.CC(C)(C)c1ncc2ccccc2n1.CC(C)(C)c1nccc2ccccc12.CC(C)(C)c1ncnc2ccccc12.CC(C)(C)c1ncnc2ncccc12.CC(C)N1CCc2ccccc2C1. The Morgan fingerprint density at radius 3 is 1.41 bits per heavy atom. The first-order valence-corrected chi connectivity index (χ1v) is 39.0. The van der Waals surface area contributed by atoms with Gasteiger partial charge in [0.25, 0.3) is 0 Å². The standard InChI is InChI=1S/4C13H15N.2C12H14N2.C12H17N.C11H13N3/c1-13(2,3)11-8-10-6-4-5-7-12(10)14-9-11;1-13(2,3)11-8-9-14-12-7-5-4-6-10(11)12;1-13(2,3)12-11-7-5-4-6-10(11)8-9-14-12;1-13(2,3)12-9-8-10-6-4-5-7-11(10)14-12;1-12(2,3)11-9-6-4-5-7-10(9)13-8-14-11;1-12(2,3)11-13-8-9-6-4-5-7-10(9)14-11;1-10(2)13-8-7-11-5-3-4-6-12(11)9-13;1-11(2,3)9-8-5-4-6-12-10(8)14-7-13-9/h4*4-9H,1-3H3;2*4-8H,1-3H3;3-6,10H,7-9H2,1-2H3;4-7H,1-3H3. The van der Waals surface area contributed by atoms with Gasteiger partial charge in [-0.15, -0.1) is 0 Å². The lowest BCUT2D eigenvalue weighted by Crippen LogP contribution is -2.35. The molecule has 15 aromatic rings.